The summed E-state index contributed by atoms with van der Waals surface area (Å²) in [7, 11) is -1.14. The Morgan fingerprint density at radius 1 is 1.91 bits per heavy atom. The standard InChI is InChI=1S/C5H8ClN3OS/c1-2-11(10)9-3-4(6)5(7)8-9/h3H,2H2,1H3,(H2,7,8). The van der Waals surface area contributed by atoms with Crippen molar-refractivity contribution in [1.29, 1.82) is 0 Å². The van der Waals surface area contributed by atoms with E-state index >= 15 is 0 Å². The van der Waals surface area contributed by atoms with Gasteiger partial charge in [-0.05, 0) is 0 Å². The molecule has 1 atom stereocenters. The largest absolute Gasteiger partial charge is 0.381 e. The number of nitrogens with zero attached hydrogens (tertiary/aromatic N) is 2. The zero-order valence-electron chi connectivity index (χ0n) is 5.95. The first-order valence-corrected chi connectivity index (χ1v) is 4.70. The highest BCUT2D eigenvalue weighted by atomic mass is 35.5. The molecule has 0 amide bonds. The van der Waals surface area contributed by atoms with Crippen molar-refractivity contribution in [2.75, 3.05) is 11.5 Å². The second-order valence-electron chi connectivity index (χ2n) is 1.87. The molecule has 1 rings (SSSR count). The van der Waals surface area contributed by atoms with E-state index in [-0.39, 0.29) is 5.82 Å². The maximum atomic E-state index is 11.1. The van der Waals surface area contributed by atoms with Gasteiger partial charge in [-0.25, -0.2) is 4.21 Å². The predicted octanol–water partition coefficient (Wildman–Crippen LogP) is 0.650. The molecule has 0 saturated heterocycles. The molecular weight excluding hydrogens is 186 g/mol. The highest BCUT2D eigenvalue weighted by Gasteiger charge is 2.05. The van der Waals surface area contributed by atoms with Crippen LogP contribution in [0.2, 0.25) is 5.02 Å². The predicted molar refractivity (Wildman–Crippen MR) is 45.7 cm³/mol. The quantitative estimate of drug-likeness (QED) is 0.751. The van der Waals surface area contributed by atoms with Crippen LogP contribution in [0.1, 0.15) is 6.92 Å². The lowest BCUT2D eigenvalue weighted by Gasteiger charge is -1.94. The van der Waals surface area contributed by atoms with E-state index in [0.717, 1.165) is 0 Å². The van der Waals surface area contributed by atoms with Crippen molar-refractivity contribution in [1.82, 2.24) is 9.19 Å². The van der Waals surface area contributed by atoms with Gasteiger partial charge in [-0.1, -0.05) is 18.5 Å². The first kappa shape index (κ1) is 8.55. The summed E-state index contributed by atoms with van der Waals surface area (Å²) in [5.41, 5.74) is 5.33. The van der Waals surface area contributed by atoms with Gasteiger partial charge in [0.1, 0.15) is 16.0 Å². The van der Waals surface area contributed by atoms with Crippen molar-refractivity contribution in [2.45, 2.75) is 6.92 Å². The van der Waals surface area contributed by atoms with Gasteiger partial charge in [-0.15, -0.1) is 5.10 Å². The summed E-state index contributed by atoms with van der Waals surface area (Å²) >= 11 is 5.59. The third kappa shape index (κ3) is 1.72. The van der Waals surface area contributed by atoms with E-state index in [4.69, 9.17) is 17.3 Å². The average Bonchev–Trinajstić information content (AvgIpc) is 2.31. The molecule has 62 valence electrons. The van der Waals surface area contributed by atoms with Crippen molar-refractivity contribution in [3.05, 3.63) is 11.2 Å². The lowest BCUT2D eigenvalue weighted by molar-refractivity contribution is 0.672. The minimum Gasteiger partial charge on any atom is -0.381 e. The highest BCUT2D eigenvalue weighted by molar-refractivity contribution is 7.83. The molecule has 11 heavy (non-hydrogen) atoms. The third-order valence-corrected chi connectivity index (χ3v) is 2.52. The first-order valence-electron chi connectivity index (χ1n) is 3.04. The van der Waals surface area contributed by atoms with E-state index in [1.807, 2.05) is 0 Å². The monoisotopic (exact) mass is 193 g/mol. The Morgan fingerprint density at radius 3 is 2.91 bits per heavy atom. The summed E-state index contributed by atoms with van der Waals surface area (Å²) in [5.74, 6) is 0.714. The zero-order chi connectivity index (χ0) is 8.43. The minimum atomic E-state index is -1.14. The Kier molecular flexibility index (Phi) is 2.51. The molecule has 0 saturated carbocycles. The van der Waals surface area contributed by atoms with Gasteiger partial charge in [-0.2, -0.15) is 4.09 Å². The van der Waals surface area contributed by atoms with Gasteiger partial charge in [0.2, 0.25) is 0 Å². The SMILES string of the molecule is CCS(=O)n1cc(Cl)c(N)n1. The molecule has 0 aliphatic carbocycles. The van der Waals surface area contributed by atoms with E-state index in [9.17, 15) is 4.21 Å². The summed E-state index contributed by atoms with van der Waals surface area (Å²) in [4.78, 5) is 0. The minimum absolute atomic E-state index is 0.216. The molecule has 0 fully saturated rings. The van der Waals surface area contributed by atoms with Crippen LogP contribution in [-0.2, 0) is 11.0 Å². The second kappa shape index (κ2) is 3.23. The highest BCUT2D eigenvalue weighted by Crippen LogP contribution is 2.15. The van der Waals surface area contributed by atoms with E-state index < -0.39 is 11.0 Å². The molecule has 0 aliphatic rings. The number of nitrogens with two attached hydrogens (primary N) is 1. The van der Waals surface area contributed by atoms with Gasteiger partial charge in [0, 0.05) is 5.75 Å². The molecule has 1 unspecified atom stereocenters. The van der Waals surface area contributed by atoms with E-state index in [2.05, 4.69) is 5.10 Å². The van der Waals surface area contributed by atoms with Gasteiger partial charge < -0.3 is 5.73 Å². The van der Waals surface area contributed by atoms with Crippen LogP contribution in [0.3, 0.4) is 0 Å². The first-order chi connectivity index (χ1) is 5.15. The van der Waals surface area contributed by atoms with Gasteiger partial charge in [-0.3, -0.25) is 0 Å². The number of nitrogen functional groups attached to an aromatic ring is 1. The summed E-state index contributed by atoms with van der Waals surface area (Å²) in [6.45, 7) is 1.79. The van der Waals surface area contributed by atoms with Gasteiger partial charge in [0.05, 0.1) is 6.20 Å². The maximum absolute atomic E-state index is 11.1. The lowest BCUT2D eigenvalue weighted by Crippen LogP contribution is -2.07. The van der Waals surface area contributed by atoms with Crippen LogP contribution in [0.4, 0.5) is 5.82 Å². The van der Waals surface area contributed by atoms with Gasteiger partial charge in [0.15, 0.2) is 5.82 Å². The van der Waals surface area contributed by atoms with Crippen molar-refractivity contribution in [2.24, 2.45) is 0 Å². The van der Waals surface area contributed by atoms with Gasteiger partial charge in [0.25, 0.3) is 0 Å². The number of aromatic nitrogens is 2. The molecular formula is C5H8ClN3OS. The summed E-state index contributed by atoms with van der Waals surface area (Å²) in [6, 6.07) is 0. The Balaban J connectivity index is 2.97. The van der Waals surface area contributed by atoms with Crippen LogP contribution in [0, 0.1) is 0 Å². The molecule has 0 aliphatic heterocycles. The second-order valence-corrected chi connectivity index (χ2v) is 3.88. The maximum Gasteiger partial charge on any atom is 0.165 e. The van der Waals surface area contributed by atoms with Crippen LogP contribution in [-0.4, -0.2) is 19.1 Å². The summed E-state index contributed by atoms with van der Waals surface area (Å²) in [5, 5.41) is 4.08. The fourth-order valence-electron chi connectivity index (χ4n) is 0.583. The molecule has 1 heterocycles. The third-order valence-electron chi connectivity index (χ3n) is 1.13. The van der Waals surface area contributed by atoms with Crippen LogP contribution in [0.25, 0.3) is 0 Å². The van der Waals surface area contributed by atoms with E-state index in [0.29, 0.717) is 10.8 Å². The van der Waals surface area contributed by atoms with Crippen LogP contribution < -0.4 is 5.73 Å². The normalized spacial score (nSPS) is 13.3. The molecule has 0 radical (unpaired) electrons. The number of hydrogen-bond acceptors (Lipinski definition) is 3. The molecule has 1 aromatic heterocycles. The molecule has 0 aromatic carbocycles. The molecule has 2 N–H and O–H groups in total. The summed E-state index contributed by atoms with van der Waals surface area (Å²) < 4.78 is 12.3. The number of anilines is 1. The summed E-state index contributed by atoms with van der Waals surface area (Å²) in [6.07, 6.45) is 1.45. The van der Waals surface area contributed by atoms with Gasteiger partial charge >= 0.3 is 0 Å². The van der Waals surface area contributed by atoms with Crippen LogP contribution >= 0.6 is 11.6 Å². The van der Waals surface area contributed by atoms with E-state index in [1.54, 1.807) is 6.92 Å². The average molecular weight is 194 g/mol. The number of rotatable bonds is 2. The molecule has 4 nitrogen and oxygen atoms in total. The lowest BCUT2D eigenvalue weighted by atomic mass is 10.7. The molecule has 6 heteroatoms. The van der Waals surface area contributed by atoms with Crippen molar-refractivity contribution in [3.8, 4) is 0 Å². The van der Waals surface area contributed by atoms with Crippen molar-refractivity contribution < 1.29 is 4.21 Å². The molecule has 1 aromatic rings. The topological polar surface area (TPSA) is 60.9 Å². The van der Waals surface area contributed by atoms with E-state index in [1.165, 1.54) is 10.3 Å². The number of halogens is 1. The van der Waals surface area contributed by atoms with Crippen LogP contribution in [0.15, 0.2) is 6.20 Å². The van der Waals surface area contributed by atoms with Crippen molar-refractivity contribution >= 4 is 28.4 Å². The van der Waals surface area contributed by atoms with Crippen LogP contribution in [0.5, 0.6) is 0 Å². The van der Waals surface area contributed by atoms with Crippen molar-refractivity contribution in [3.63, 3.8) is 0 Å². The molecule has 0 spiro atoms. The smallest absolute Gasteiger partial charge is 0.165 e. The number of hydrogen-bond donors (Lipinski definition) is 1. The Hall–Kier alpha value is -0.550. The fourth-order valence-corrected chi connectivity index (χ4v) is 1.44. The Bertz CT molecular complexity index is 266. The Labute approximate surface area is 71.9 Å². The molecule has 0 bridgehead atoms. The Morgan fingerprint density at radius 2 is 2.55 bits per heavy atom. The fraction of sp³-hybridized carbons (Fsp3) is 0.400. The zero-order valence-corrected chi connectivity index (χ0v) is 7.52.